The second-order valence-electron chi connectivity index (χ2n) is 3.93. The Morgan fingerprint density at radius 3 is 2.59 bits per heavy atom. The van der Waals surface area contributed by atoms with Crippen LogP contribution >= 0.6 is 12.2 Å². The van der Waals surface area contributed by atoms with Gasteiger partial charge in [0.1, 0.15) is 4.90 Å². The van der Waals surface area contributed by atoms with E-state index in [0.29, 0.717) is 0 Å². The van der Waals surface area contributed by atoms with Gasteiger partial charge in [0.15, 0.2) is 0 Å². The molecule has 3 N–H and O–H groups in total. The third-order valence-electron chi connectivity index (χ3n) is 2.20. The SMILES string of the molecule is CC(C)C(NS(=O)(=O)c1cccnc1)C(N)=S. The standard InChI is InChI=1S/C10H15N3O2S2/c1-7(2)9(10(11)16)13-17(14,15)8-4-3-5-12-6-8/h3-7,9,13H,1-2H3,(H2,11,16). The molecule has 0 aliphatic rings. The van der Waals surface area contributed by atoms with E-state index in [1.807, 2.05) is 13.8 Å². The molecule has 5 nitrogen and oxygen atoms in total. The van der Waals surface area contributed by atoms with Crippen molar-refractivity contribution in [2.45, 2.75) is 24.8 Å². The molecule has 17 heavy (non-hydrogen) atoms. The lowest BCUT2D eigenvalue weighted by atomic mass is 10.1. The summed E-state index contributed by atoms with van der Waals surface area (Å²) < 4.78 is 26.4. The van der Waals surface area contributed by atoms with E-state index in [4.69, 9.17) is 18.0 Å². The first-order valence-corrected chi connectivity index (χ1v) is 6.95. The van der Waals surface area contributed by atoms with Crippen LogP contribution in [-0.2, 0) is 10.0 Å². The van der Waals surface area contributed by atoms with Crippen molar-refractivity contribution in [1.29, 1.82) is 0 Å². The number of aromatic nitrogens is 1. The summed E-state index contributed by atoms with van der Waals surface area (Å²) in [6.07, 6.45) is 2.78. The van der Waals surface area contributed by atoms with Crippen LogP contribution in [0.5, 0.6) is 0 Å². The van der Waals surface area contributed by atoms with Gasteiger partial charge in [-0.25, -0.2) is 13.1 Å². The lowest BCUT2D eigenvalue weighted by Gasteiger charge is -2.20. The first-order chi connectivity index (χ1) is 7.84. The Bertz CT molecular complexity index is 486. The maximum atomic E-state index is 12.0. The van der Waals surface area contributed by atoms with Gasteiger partial charge < -0.3 is 5.73 Å². The van der Waals surface area contributed by atoms with Gasteiger partial charge in [0.05, 0.1) is 11.0 Å². The molecule has 0 bridgehead atoms. The Labute approximate surface area is 106 Å². The van der Waals surface area contributed by atoms with Crippen molar-refractivity contribution in [3.63, 3.8) is 0 Å². The maximum Gasteiger partial charge on any atom is 0.242 e. The summed E-state index contributed by atoms with van der Waals surface area (Å²) in [5.41, 5.74) is 5.51. The molecular weight excluding hydrogens is 258 g/mol. The summed E-state index contributed by atoms with van der Waals surface area (Å²) in [6, 6.07) is 2.46. The number of hydrogen-bond donors (Lipinski definition) is 2. The van der Waals surface area contributed by atoms with Crippen molar-refractivity contribution < 1.29 is 8.42 Å². The van der Waals surface area contributed by atoms with Gasteiger partial charge in [0, 0.05) is 12.4 Å². The van der Waals surface area contributed by atoms with Gasteiger partial charge in [-0.15, -0.1) is 0 Å². The van der Waals surface area contributed by atoms with Crippen LogP contribution in [0.1, 0.15) is 13.8 Å². The van der Waals surface area contributed by atoms with E-state index >= 15 is 0 Å². The summed E-state index contributed by atoms with van der Waals surface area (Å²) in [4.78, 5) is 4.00. The quantitative estimate of drug-likeness (QED) is 0.770. The van der Waals surface area contributed by atoms with Crippen molar-refractivity contribution >= 4 is 27.2 Å². The molecule has 0 aromatic carbocycles. The molecule has 7 heteroatoms. The maximum absolute atomic E-state index is 12.0. The minimum atomic E-state index is -3.63. The Morgan fingerprint density at radius 2 is 2.18 bits per heavy atom. The highest BCUT2D eigenvalue weighted by molar-refractivity contribution is 7.89. The Kier molecular flexibility index (Phi) is 4.55. The number of thiocarbonyl (C=S) groups is 1. The van der Waals surface area contributed by atoms with Gasteiger partial charge in [-0.2, -0.15) is 0 Å². The normalized spacial score (nSPS) is 13.6. The first kappa shape index (κ1) is 14.0. The molecule has 0 radical (unpaired) electrons. The molecule has 1 heterocycles. The minimum Gasteiger partial charge on any atom is -0.392 e. The molecule has 1 atom stereocenters. The molecule has 0 aliphatic carbocycles. The van der Waals surface area contributed by atoms with E-state index < -0.39 is 16.1 Å². The Morgan fingerprint density at radius 1 is 1.53 bits per heavy atom. The van der Waals surface area contributed by atoms with E-state index in [0.717, 1.165) is 0 Å². The molecule has 0 amide bonds. The number of nitrogens with zero attached hydrogens (tertiary/aromatic N) is 1. The van der Waals surface area contributed by atoms with Crippen LogP contribution in [0.25, 0.3) is 0 Å². The Hall–Kier alpha value is -1.05. The zero-order chi connectivity index (χ0) is 13.1. The van der Waals surface area contributed by atoms with Crippen molar-refractivity contribution in [2.24, 2.45) is 11.7 Å². The molecular formula is C10H15N3O2S2. The molecule has 1 rings (SSSR count). The zero-order valence-electron chi connectivity index (χ0n) is 9.62. The molecule has 1 aromatic rings. The van der Waals surface area contributed by atoms with Crippen molar-refractivity contribution in [1.82, 2.24) is 9.71 Å². The second kappa shape index (κ2) is 5.52. The van der Waals surface area contributed by atoms with E-state index in [2.05, 4.69) is 9.71 Å². The number of sulfonamides is 1. The summed E-state index contributed by atoms with van der Waals surface area (Å²) in [5.74, 6) is -0.0149. The van der Waals surface area contributed by atoms with Gasteiger partial charge in [-0.05, 0) is 18.1 Å². The molecule has 0 saturated carbocycles. The van der Waals surface area contributed by atoms with Gasteiger partial charge in [-0.1, -0.05) is 26.1 Å². The average molecular weight is 273 g/mol. The number of nitrogens with two attached hydrogens (primary N) is 1. The van der Waals surface area contributed by atoms with Crippen LogP contribution in [0.15, 0.2) is 29.4 Å². The van der Waals surface area contributed by atoms with Crippen LogP contribution in [0.2, 0.25) is 0 Å². The molecule has 0 spiro atoms. The monoisotopic (exact) mass is 273 g/mol. The van der Waals surface area contributed by atoms with Crippen molar-refractivity contribution in [2.75, 3.05) is 0 Å². The summed E-state index contributed by atoms with van der Waals surface area (Å²) in [7, 11) is -3.63. The average Bonchev–Trinajstić information content (AvgIpc) is 2.26. The predicted octanol–water partition coefficient (Wildman–Crippen LogP) is 0.671. The number of hydrogen-bond acceptors (Lipinski definition) is 4. The van der Waals surface area contributed by atoms with Gasteiger partial charge in [0.2, 0.25) is 10.0 Å². The van der Waals surface area contributed by atoms with Gasteiger partial charge in [-0.3, -0.25) is 4.98 Å². The third kappa shape index (κ3) is 3.72. The largest absolute Gasteiger partial charge is 0.392 e. The number of nitrogens with one attached hydrogen (secondary N) is 1. The first-order valence-electron chi connectivity index (χ1n) is 5.06. The van der Waals surface area contributed by atoms with Crippen LogP contribution < -0.4 is 10.5 Å². The predicted molar refractivity (Wildman–Crippen MR) is 70.0 cm³/mol. The molecule has 0 fully saturated rings. The zero-order valence-corrected chi connectivity index (χ0v) is 11.3. The summed E-state index contributed by atoms with van der Waals surface area (Å²) >= 11 is 4.85. The molecule has 0 aliphatic heterocycles. The molecule has 1 unspecified atom stereocenters. The molecule has 1 aromatic heterocycles. The highest BCUT2D eigenvalue weighted by Gasteiger charge is 2.24. The fourth-order valence-corrected chi connectivity index (χ4v) is 3.00. The molecule has 94 valence electrons. The smallest absolute Gasteiger partial charge is 0.242 e. The minimum absolute atomic E-state index is 0.0149. The van der Waals surface area contributed by atoms with Crippen LogP contribution in [-0.4, -0.2) is 24.4 Å². The number of rotatable bonds is 5. The highest BCUT2D eigenvalue weighted by Crippen LogP contribution is 2.10. The third-order valence-corrected chi connectivity index (χ3v) is 3.88. The van der Waals surface area contributed by atoms with E-state index in [1.54, 1.807) is 6.07 Å². The van der Waals surface area contributed by atoms with Gasteiger partial charge >= 0.3 is 0 Å². The van der Waals surface area contributed by atoms with Gasteiger partial charge in [0.25, 0.3) is 0 Å². The Balaban J connectivity index is 2.97. The van der Waals surface area contributed by atoms with E-state index in [9.17, 15) is 8.42 Å². The second-order valence-corrected chi connectivity index (χ2v) is 6.12. The fraction of sp³-hybridized carbons (Fsp3) is 0.400. The van der Waals surface area contributed by atoms with Crippen molar-refractivity contribution in [3.8, 4) is 0 Å². The lowest BCUT2D eigenvalue weighted by molar-refractivity contribution is 0.526. The fourth-order valence-electron chi connectivity index (χ4n) is 1.26. The number of pyridine rings is 1. The van der Waals surface area contributed by atoms with Crippen LogP contribution in [0.3, 0.4) is 0 Å². The van der Waals surface area contributed by atoms with E-state index in [-0.39, 0.29) is 15.8 Å². The van der Waals surface area contributed by atoms with Crippen LogP contribution in [0.4, 0.5) is 0 Å². The summed E-state index contributed by atoms with van der Waals surface area (Å²) in [5, 5.41) is 0. The van der Waals surface area contributed by atoms with Crippen molar-refractivity contribution in [3.05, 3.63) is 24.5 Å². The van der Waals surface area contributed by atoms with Crippen LogP contribution in [0, 0.1) is 5.92 Å². The lowest BCUT2D eigenvalue weighted by Crippen LogP contribution is -2.46. The summed E-state index contributed by atoms with van der Waals surface area (Å²) in [6.45, 7) is 3.69. The topological polar surface area (TPSA) is 85.1 Å². The van der Waals surface area contributed by atoms with E-state index in [1.165, 1.54) is 18.5 Å². The molecule has 0 saturated heterocycles. The highest BCUT2D eigenvalue weighted by atomic mass is 32.2.